The van der Waals surface area contributed by atoms with Crippen LogP contribution >= 0.6 is 11.8 Å². The Labute approximate surface area is 291 Å². The lowest BCUT2D eigenvalue weighted by Gasteiger charge is -2.60. The molecule has 49 heavy (non-hydrogen) atoms. The highest BCUT2D eigenvalue weighted by Crippen LogP contribution is 2.69. The van der Waals surface area contributed by atoms with Gasteiger partial charge in [-0.05, 0) is 117 Å². The minimum Gasteiger partial charge on any atom is -0.448 e. The van der Waals surface area contributed by atoms with Gasteiger partial charge in [0.25, 0.3) is 5.91 Å². The van der Waals surface area contributed by atoms with Gasteiger partial charge in [0.2, 0.25) is 11.0 Å². The maximum absolute atomic E-state index is 13.6. The highest BCUT2D eigenvalue weighted by atomic mass is 32.2. The van der Waals surface area contributed by atoms with Crippen LogP contribution in [0.25, 0.3) is 0 Å². The van der Waals surface area contributed by atoms with Crippen molar-refractivity contribution in [2.75, 3.05) is 26.5 Å². The van der Waals surface area contributed by atoms with E-state index in [4.69, 9.17) is 25.9 Å². The molecule has 3 saturated carbocycles. The Morgan fingerprint density at radius 3 is 2.65 bits per heavy atom. The van der Waals surface area contributed by atoms with Crippen molar-refractivity contribution in [2.45, 2.75) is 83.0 Å². The summed E-state index contributed by atoms with van der Waals surface area (Å²) >= 11 is 1.08. The van der Waals surface area contributed by atoms with Crippen LogP contribution in [0.5, 0.6) is 0 Å². The van der Waals surface area contributed by atoms with E-state index in [0.717, 1.165) is 48.7 Å². The van der Waals surface area contributed by atoms with Gasteiger partial charge in [0.1, 0.15) is 12.6 Å². The number of aliphatic imine (C=N–C) groups is 1. The summed E-state index contributed by atoms with van der Waals surface area (Å²) in [4.78, 5) is 58.2. The van der Waals surface area contributed by atoms with Crippen LogP contribution in [0.2, 0.25) is 0 Å². The molecule has 5 N–H and O–H groups in total. The Morgan fingerprint density at radius 2 is 1.96 bits per heavy atom. The topological polar surface area (TPSA) is 175 Å². The largest absolute Gasteiger partial charge is 0.448 e. The third-order valence-electron chi connectivity index (χ3n) is 12.4. The molecular formula is C37H48N4O7S. The highest BCUT2D eigenvalue weighted by molar-refractivity contribution is 8.13. The van der Waals surface area contributed by atoms with E-state index in [-0.39, 0.29) is 35.4 Å². The third-order valence-corrected chi connectivity index (χ3v) is 13.1. The molecule has 8 atom stereocenters. The number of amides is 2. The average Bonchev–Trinajstić information content (AvgIpc) is 3.67. The fourth-order valence-electron chi connectivity index (χ4n) is 10.3. The monoisotopic (exact) mass is 692 g/mol. The number of hydrogen-bond donors (Lipinski definition) is 3. The lowest BCUT2D eigenvalue weighted by molar-refractivity contribution is -0.198. The van der Waals surface area contributed by atoms with Crippen molar-refractivity contribution >= 4 is 46.1 Å². The van der Waals surface area contributed by atoms with Crippen LogP contribution < -0.4 is 11.5 Å². The fraction of sp³-hybridized carbons (Fsp3) is 0.595. The van der Waals surface area contributed by atoms with Gasteiger partial charge < -0.3 is 30.9 Å². The Bertz CT molecular complexity index is 1640. The quantitative estimate of drug-likeness (QED) is 0.356. The van der Waals surface area contributed by atoms with E-state index < -0.39 is 40.5 Å². The van der Waals surface area contributed by atoms with Gasteiger partial charge in [-0.1, -0.05) is 37.2 Å². The van der Waals surface area contributed by atoms with Gasteiger partial charge in [0.15, 0.2) is 5.60 Å². The smallest absolute Gasteiger partial charge is 0.333 e. The van der Waals surface area contributed by atoms with Crippen molar-refractivity contribution < 1.29 is 33.8 Å². The van der Waals surface area contributed by atoms with Crippen molar-refractivity contribution in [3.63, 3.8) is 0 Å². The number of fused-ring (bicyclic) bond motifs is 5. The molecule has 0 radical (unpaired) electrons. The van der Waals surface area contributed by atoms with Crippen LogP contribution in [-0.4, -0.2) is 82.9 Å². The number of carbonyl (C=O) groups is 4. The second-order valence-electron chi connectivity index (χ2n) is 14.9. The summed E-state index contributed by atoms with van der Waals surface area (Å²) in [6.45, 7) is 4.48. The number of ether oxygens (including phenoxy) is 2. The van der Waals surface area contributed by atoms with E-state index in [9.17, 15) is 24.3 Å². The predicted octanol–water partition coefficient (Wildman–Crippen LogP) is 4.05. The molecule has 1 aromatic rings. The lowest BCUT2D eigenvalue weighted by Crippen LogP contribution is -2.62. The number of esters is 1. The summed E-state index contributed by atoms with van der Waals surface area (Å²) in [5.74, 6) is -1.20. The number of aliphatic hydroxyl groups is 1. The number of benzene rings is 1. The van der Waals surface area contributed by atoms with Gasteiger partial charge in [-0.15, -0.1) is 0 Å². The zero-order chi connectivity index (χ0) is 35.3. The summed E-state index contributed by atoms with van der Waals surface area (Å²) in [6.07, 6.45) is 9.66. The molecule has 2 amide bonds. The molecule has 5 aliphatic rings. The predicted molar refractivity (Wildman–Crippen MR) is 187 cm³/mol. The van der Waals surface area contributed by atoms with E-state index in [0.29, 0.717) is 43.5 Å². The number of nitrogens with zero attached hydrogens (tertiary/aromatic N) is 2. The zero-order valence-electron chi connectivity index (χ0n) is 28.8. The van der Waals surface area contributed by atoms with Crippen LogP contribution in [0.15, 0.2) is 52.7 Å². The van der Waals surface area contributed by atoms with Crippen molar-refractivity contribution in [2.24, 2.45) is 45.0 Å². The van der Waals surface area contributed by atoms with Gasteiger partial charge in [0.05, 0.1) is 17.5 Å². The van der Waals surface area contributed by atoms with Gasteiger partial charge >= 0.3 is 5.97 Å². The molecule has 0 spiro atoms. The van der Waals surface area contributed by atoms with Crippen LogP contribution in [-0.2, 0) is 23.9 Å². The molecule has 12 heteroatoms. The Hall–Kier alpha value is -3.48. The minimum absolute atomic E-state index is 0.0798. The van der Waals surface area contributed by atoms with Gasteiger partial charge in [-0.2, -0.15) is 0 Å². The van der Waals surface area contributed by atoms with Crippen molar-refractivity contribution in [1.29, 1.82) is 0 Å². The standard InChI is InChI=1S/C37H48N4O7S/c1-35-17-22(19-38)27(40-24-8-5-7-21(15-24)33(45)41-14-6-9-28(41)32(39)44)16-23(35)10-11-25-26-12-13-37(34(46)49-4,48-30(43)20-47-3)36(26,2)18-29(42)31(25)35/h5,7-8,15-16,19,25-26,28-29,31,42H,6,9-14,17-18,20,38H2,1-4H3,(H2,39,44)/t25-,26?,28+,29?,31?,35-,36-,37-/m0/s1. The summed E-state index contributed by atoms with van der Waals surface area (Å²) in [5.41, 5.74) is 13.2. The molecule has 0 bridgehead atoms. The maximum atomic E-state index is 13.6. The summed E-state index contributed by atoms with van der Waals surface area (Å²) in [5, 5.41) is 11.9. The number of likely N-dealkylation sites (tertiary alicyclic amines) is 1. The first-order chi connectivity index (χ1) is 23.3. The number of hydrogen-bond acceptors (Lipinski definition) is 10. The Morgan fingerprint density at radius 1 is 1.18 bits per heavy atom. The number of allylic oxidation sites excluding steroid dienone is 3. The second-order valence-corrected chi connectivity index (χ2v) is 15.6. The molecule has 3 unspecified atom stereocenters. The minimum atomic E-state index is -1.32. The van der Waals surface area contributed by atoms with Crippen molar-refractivity contribution in [3.8, 4) is 0 Å². The number of methoxy groups -OCH3 is 1. The molecule has 1 aromatic carbocycles. The Balaban J connectivity index is 1.30. The van der Waals surface area contributed by atoms with Crippen LogP contribution in [0, 0.1) is 28.6 Å². The third kappa shape index (κ3) is 5.73. The Kier molecular flexibility index (Phi) is 9.62. The van der Waals surface area contributed by atoms with E-state index in [1.807, 2.05) is 13.0 Å². The SMILES string of the molecule is COCC(=O)O[C@]1(C(=O)SC)CCC2[C@@H]3CCC4=CC(=Nc5cccc(C(=O)N6CCC[C@@H]6C(N)=O)c5)C(=CN)C[C@]4(C)C3C(O)C[C@@]21C. The first-order valence-corrected chi connectivity index (χ1v) is 18.4. The number of thioether (sulfide) groups is 1. The van der Waals surface area contributed by atoms with E-state index in [1.54, 1.807) is 35.6 Å². The molecule has 1 aliphatic heterocycles. The maximum Gasteiger partial charge on any atom is 0.333 e. The van der Waals surface area contributed by atoms with Crippen LogP contribution in [0.1, 0.15) is 75.6 Å². The van der Waals surface area contributed by atoms with Gasteiger partial charge in [-0.3, -0.25) is 14.4 Å². The summed E-state index contributed by atoms with van der Waals surface area (Å²) in [7, 11) is 1.42. The molecule has 4 aliphatic carbocycles. The number of nitrogens with two attached hydrogens (primary N) is 2. The zero-order valence-corrected chi connectivity index (χ0v) is 29.6. The van der Waals surface area contributed by atoms with E-state index in [1.165, 1.54) is 12.7 Å². The summed E-state index contributed by atoms with van der Waals surface area (Å²) in [6, 6.07) is 6.47. The normalized spacial score (nSPS) is 36.9. The van der Waals surface area contributed by atoms with Gasteiger partial charge in [0, 0.05) is 24.6 Å². The number of carbonyl (C=O) groups excluding carboxylic acids is 4. The van der Waals surface area contributed by atoms with Gasteiger partial charge in [-0.25, -0.2) is 9.79 Å². The molecule has 0 aromatic heterocycles. The molecular weight excluding hydrogens is 644 g/mol. The number of rotatable bonds is 7. The number of aliphatic hydroxyl groups excluding tert-OH is 1. The molecule has 6 rings (SSSR count). The second kappa shape index (κ2) is 13.3. The first kappa shape index (κ1) is 35.3. The van der Waals surface area contributed by atoms with Crippen molar-refractivity contribution in [3.05, 3.63) is 53.3 Å². The lowest BCUT2D eigenvalue weighted by atomic mass is 9.45. The summed E-state index contributed by atoms with van der Waals surface area (Å²) < 4.78 is 11.1. The molecule has 11 nitrogen and oxygen atoms in total. The highest BCUT2D eigenvalue weighted by Gasteiger charge is 2.70. The average molecular weight is 693 g/mol. The van der Waals surface area contributed by atoms with Crippen LogP contribution in [0.3, 0.4) is 0 Å². The molecule has 1 saturated heterocycles. The van der Waals surface area contributed by atoms with E-state index in [2.05, 4.69) is 13.0 Å². The molecule has 4 fully saturated rings. The molecule has 1 heterocycles. The first-order valence-electron chi connectivity index (χ1n) is 17.2. The fourth-order valence-corrected chi connectivity index (χ4v) is 11.0. The van der Waals surface area contributed by atoms with Crippen LogP contribution in [0.4, 0.5) is 5.69 Å². The van der Waals surface area contributed by atoms with E-state index >= 15 is 0 Å². The molecule has 264 valence electrons. The van der Waals surface area contributed by atoms with Crippen molar-refractivity contribution in [1.82, 2.24) is 4.90 Å². The number of primary amides is 1.